The lowest BCUT2D eigenvalue weighted by molar-refractivity contribution is 0.121. The van der Waals surface area contributed by atoms with E-state index in [1.165, 1.54) is 25.9 Å². The Bertz CT molecular complexity index is 510. The van der Waals surface area contributed by atoms with E-state index in [1.54, 1.807) is 0 Å². The van der Waals surface area contributed by atoms with E-state index in [4.69, 9.17) is 15.2 Å². The molecule has 2 heterocycles. The van der Waals surface area contributed by atoms with Gasteiger partial charge in [0, 0.05) is 44.8 Å². The van der Waals surface area contributed by atoms with Crippen molar-refractivity contribution in [3.8, 4) is 11.5 Å². The third-order valence-corrected chi connectivity index (χ3v) is 4.75. The van der Waals surface area contributed by atoms with Crippen molar-refractivity contribution in [3.05, 3.63) is 23.8 Å². The lowest BCUT2D eigenvalue weighted by atomic mass is 10.1. The van der Waals surface area contributed by atoms with Gasteiger partial charge in [0.25, 0.3) is 0 Å². The lowest BCUT2D eigenvalue weighted by Gasteiger charge is -2.36. The first-order valence-corrected chi connectivity index (χ1v) is 7.91. The van der Waals surface area contributed by atoms with Crippen LogP contribution in [0.1, 0.15) is 24.4 Å². The van der Waals surface area contributed by atoms with E-state index < -0.39 is 0 Å². The minimum absolute atomic E-state index is 0.0342. The zero-order valence-corrected chi connectivity index (χ0v) is 12.3. The molecule has 0 radical (unpaired) electrons. The predicted molar refractivity (Wildman–Crippen MR) is 80.5 cm³/mol. The molecule has 0 amide bonds. The zero-order chi connectivity index (χ0) is 14.2. The Labute approximate surface area is 125 Å². The molecule has 0 spiro atoms. The van der Waals surface area contributed by atoms with Gasteiger partial charge in [0.2, 0.25) is 6.79 Å². The Balaban J connectivity index is 1.34. The highest BCUT2D eigenvalue weighted by atomic mass is 16.7. The van der Waals surface area contributed by atoms with E-state index in [1.807, 2.05) is 12.1 Å². The zero-order valence-electron chi connectivity index (χ0n) is 12.3. The number of nitrogens with two attached hydrogens (primary N) is 1. The quantitative estimate of drug-likeness (QED) is 0.902. The van der Waals surface area contributed by atoms with Crippen molar-refractivity contribution < 1.29 is 9.47 Å². The highest BCUT2D eigenvalue weighted by Gasteiger charge is 2.31. The van der Waals surface area contributed by atoms with Crippen molar-refractivity contribution in [2.24, 2.45) is 5.73 Å². The van der Waals surface area contributed by atoms with Crippen molar-refractivity contribution in [2.75, 3.05) is 39.5 Å². The fourth-order valence-corrected chi connectivity index (χ4v) is 3.28. The summed E-state index contributed by atoms with van der Waals surface area (Å²) < 4.78 is 10.8. The van der Waals surface area contributed by atoms with Gasteiger partial charge in [0.15, 0.2) is 11.5 Å². The normalized spacial score (nSPS) is 24.2. The van der Waals surface area contributed by atoms with Crippen molar-refractivity contribution in [1.82, 2.24) is 9.80 Å². The summed E-state index contributed by atoms with van der Waals surface area (Å²) in [6, 6.07) is 6.95. The number of nitrogens with zero attached hydrogens (tertiary/aromatic N) is 2. The van der Waals surface area contributed by atoms with E-state index >= 15 is 0 Å². The SMILES string of the molecule is NC(CN1CCN(C2CC2)CC1)c1ccc2c(c1)OCO2. The minimum Gasteiger partial charge on any atom is -0.454 e. The number of fused-ring (bicyclic) bond motifs is 1. The van der Waals surface area contributed by atoms with E-state index in [0.717, 1.165) is 42.7 Å². The Morgan fingerprint density at radius 2 is 1.86 bits per heavy atom. The van der Waals surface area contributed by atoms with Crippen LogP contribution in [0.5, 0.6) is 11.5 Å². The average molecular weight is 289 g/mol. The van der Waals surface area contributed by atoms with Crippen molar-refractivity contribution >= 4 is 0 Å². The second-order valence-corrected chi connectivity index (χ2v) is 6.29. The molecule has 1 saturated carbocycles. The van der Waals surface area contributed by atoms with Gasteiger partial charge in [0.1, 0.15) is 0 Å². The van der Waals surface area contributed by atoms with Gasteiger partial charge in [-0.3, -0.25) is 9.80 Å². The summed E-state index contributed by atoms with van der Waals surface area (Å²) in [5, 5.41) is 0. The van der Waals surface area contributed by atoms with Crippen LogP contribution < -0.4 is 15.2 Å². The van der Waals surface area contributed by atoms with E-state index in [9.17, 15) is 0 Å². The Kier molecular flexibility index (Phi) is 3.49. The molecule has 114 valence electrons. The molecule has 1 atom stereocenters. The summed E-state index contributed by atoms with van der Waals surface area (Å²) in [5.41, 5.74) is 7.50. The molecule has 1 aromatic rings. The Hall–Kier alpha value is -1.30. The first-order chi connectivity index (χ1) is 10.3. The summed E-state index contributed by atoms with van der Waals surface area (Å²) in [5.74, 6) is 1.64. The average Bonchev–Trinajstić information content (AvgIpc) is 3.25. The minimum atomic E-state index is 0.0342. The van der Waals surface area contributed by atoms with Gasteiger partial charge < -0.3 is 15.2 Å². The first-order valence-electron chi connectivity index (χ1n) is 7.91. The van der Waals surface area contributed by atoms with Crippen LogP contribution >= 0.6 is 0 Å². The molecule has 0 aromatic heterocycles. The smallest absolute Gasteiger partial charge is 0.231 e. The molecular formula is C16H23N3O2. The number of benzene rings is 1. The van der Waals surface area contributed by atoms with Crippen LogP contribution in [0.3, 0.4) is 0 Å². The van der Waals surface area contributed by atoms with Gasteiger partial charge in [-0.15, -0.1) is 0 Å². The highest BCUT2D eigenvalue weighted by molar-refractivity contribution is 5.45. The fraction of sp³-hybridized carbons (Fsp3) is 0.625. The molecule has 5 nitrogen and oxygen atoms in total. The third kappa shape index (κ3) is 2.86. The molecule has 21 heavy (non-hydrogen) atoms. The molecule has 1 aromatic carbocycles. The van der Waals surface area contributed by atoms with Gasteiger partial charge in [-0.25, -0.2) is 0 Å². The fourth-order valence-electron chi connectivity index (χ4n) is 3.28. The second-order valence-electron chi connectivity index (χ2n) is 6.29. The van der Waals surface area contributed by atoms with E-state index in [0.29, 0.717) is 6.79 Å². The van der Waals surface area contributed by atoms with Gasteiger partial charge in [-0.05, 0) is 30.5 Å². The van der Waals surface area contributed by atoms with E-state index in [-0.39, 0.29) is 6.04 Å². The van der Waals surface area contributed by atoms with Crippen LogP contribution in [0.4, 0.5) is 0 Å². The van der Waals surface area contributed by atoms with Crippen molar-refractivity contribution in [3.63, 3.8) is 0 Å². The van der Waals surface area contributed by atoms with Gasteiger partial charge in [0.05, 0.1) is 0 Å². The predicted octanol–water partition coefficient (Wildman–Crippen LogP) is 1.20. The molecule has 3 aliphatic rings. The summed E-state index contributed by atoms with van der Waals surface area (Å²) in [6.07, 6.45) is 2.80. The van der Waals surface area contributed by atoms with Crippen LogP contribution in [0, 0.1) is 0 Å². The molecule has 2 N–H and O–H groups in total. The van der Waals surface area contributed by atoms with Crippen molar-refractivity contribution in [2.45, 2.75) is 24.9 Å². The van der Waals surface area contributed by atoms with Crippen LogP contribution in [-0.4, -0.2) is 55.4 Å². The van der Waals surface area contributed by atoms with Crippen LogP contribution in [0.15, 0.2) is 18.2 Å². The maximum atomic E-state index is 6.38. The standard InChI is InChI=1S/C16H23N3O2/c17-14(12-1-4-15-16(9-12)21-11-20-15)10-18-5-7-19(8-6-18)13-2-3-13/h1,4,9,13-14H,2-3,5-8,10-11,17H2. The van der Waals surface area contributed by atoms with Crippen molar-refractivity contribution in [1.29, 1.82) is 0 Å². The summed E-state index contributed by atoms with van der Waals surface area (Å²) in [7, 11) is 0. The third-order valence-electron chi connectivity index (χ3n) is 4.75. The topological polar surface area (TPSA) is 51.0 Å². The Morgan fingerprint density at radius 1 is 1.10 bits per heavy atom. The van der Waals surface area contributed by atoms with Crippen LogP contribution in [-0.2, 0) is 0 Å². The number of ether oxygens (including phenoxy) is 2. The monoisotopic (exact) mass is 289 g/mol. The number of hydrogen-bond donors (Lipinski definition) is 1. The summed E-state index contributed by atoms with van der Waals surface area (Å²) >= 11 is 0. The molecule has 0 bridgehead atoms. The number of rotatable bonds is 4. The summed E-state index contributed by atoms with van der Waals surface area (Å²) in [6.45, 7) is 5.88. The number of piperazine rings is 1. The maximum Gasteiger partial charge on any atom is 0.231 e. The lowest BCUT2D eigenvalue weighted by Crippen LogP contribution is -2.48. The molecule has 2 fully saturated rings. The second kappa shape index (κ2) is 5.48. The van der Waals surface area contributed by atoms with Gasteiger partial charge in [-0.2, -0.15) is 0 Å². The first kappa shape index (κ1) is 13.4. The molecule has 2 aliphatic heterocycles. The van der Waals surface area contributed by atoms with Gasteiger partial charge in [-0.1, -0.05) is 6.07 Å². The largest absolute Gasteiger partial charge is 0.454 e. The summed E-state index contributed by atoms with van der Waals surface area (Å²) in [4.78, 5) is 5.11. The molecule has 5 heteroatoms. The molecule has 1 aliphatic carbocycles. The molecular weight excluding hydrogens is 266 g/mol. The van der Waals surface area contributed by atoms with Crippen LogP contribution in [0.2, 0.25) is 0 Å². The van der Waals surface area contributed by atoms with Crippen LogP contribution in [0.25, 0.3) is 0 Å². The maximum absolute atomic E-state index is 6.38. The Morgan fingerprint density at radius 3 is 2.62 bits per heavy atom. The molecule has 1 unspecified atom stereocenters. The van der Waals surface area contributed by atoms with E-state index in [2.05, 4.69) is 15.9 Å². The highest BCUT2D eigenvalue weighted by Crippen LogP contribution is 2.34. The molecule has 1 saturated heterocycles. The molecule has 4 rings (SSSR count). The van der Waals surface area contributed by atoms with Gasteiger partial charge >= 0.3 is 0 Å². The number of hydrogen-bond acceptors (Lipinski definition) is 5.